The molecule has 2 aliphatic heterocycles. The van der Waals surface area contributed by atoms with E-state index in [1.54, 1.807) is 0 Å². The molecule has 0 bridgehead atoms. The maximum atomic E-state index is 13.4. The van der Waals surface area contributed by atoms with Crippen molar-refractivity contribution < 1.29 is 9.53 Å². The zero-order valence-corrected chi connectivity index (χ0v) is 15.9. The van der Waals surface area contributed by atoms with Crippen molar-refractivity contribution in [3.63, 3.8) is 0 Å². The Morgan fingerprint density at radius 3 is 2.42 bits per heavy atom. The molecule has 2 heterocycles. The molecule has 2 fully saturated rings. The quantitative estimate of drug-likeness (QED) is 0.769. The second-order valence-electron chi connectivity index (χ2n) is 6.69. The number of rotatable bonds is 5. The third-order valence-electron chi connectivity index (χ3n) is 5.20. The van der Waals surface area contributed by atoms with Crippen LogP contribution in [0.1, 0.15) is 36.4 Å². The Hall–Kier alpha value is -1.98. The molecule has 0 saturated carbocycles. The van der Waals surface area contributed by atoms with Gasteiger partial charge in [-0.2, -0.15) is 0 Å². The molecule has 0 aliphatic carbocycles. The van der Waals surface area contributed by atoms with Gasteiger partial charge in [0.25, 0.3) is 0 Å². The van der Waals surface area contributed by atoms with Crippen molar-refractivity contribution in [2.75, 3.05) is 12.4 Å². The van der Waals surface area contributed by atoms with Crippen molar-refractivity contribution in [1.82, 2.24) is 9.80 Å². The zero-order chi connectivity index (χ0) is 18.1. The van der Waals surface area contributed by atoms with Crippen LogP contribution in [0.4, 0.5) is 4.79 Å². The van der Waals surface area contributed by atoms with Crippen LogP contribution in [0.2, 0.25) is 0 Å². The van der Waals surface area contributed by atoms with Gasteiger partial charge in [0.1, 0.15) is 5.37 Å². The van der Waals surface area contributed by atoms with E-state index in [0.717, 1.165) is 11.3 Å². The van der Waals surface area contributed by atoms with Crippen LogP contribution in [0.5, 0.6) is 0 Å². The smallest absolute Gasteiger partial charge is 0.324 e. The second-order valence-corrected chi connectivity index (χ2v) is 7.81. The van der Waals surface area contributed by atoms with Crippen molar-refractivity contribution >= 4 is 17.8 Å². The van der Waals surface area contributed by atoms with Gasteiger partial charge in [-0.1, -0.05) is 60.7 Å². The standard InChI is InChI=1S/C21H24N2O2S/c1-3-25-19-18-14-26-20(17-12-8-5-9-13-17)23(18)21(24)22(19)15(2)16-10-6-4-7-11-16/h4-13,15,18-20H,3,14H2,1-2H3/t15?,18-,19?,20?/m0/s1. The van der Waals surface area contributed by atoms with Gasteiger partial charge in [-0.05, 0) is 25.0 Å². The highest BCUT2D eigenvalue weighted by molar-refractivity contribution is 7.99. The van der Waals surface area contributed by atoms with Crippen molar-refractivity contribution in [3.8, 4) is 0 Å². The lowest BCUT2D eigenvalue weighted by atomic mass is 10.1. The first-order valence-electron chi connectivity index (χ1n) is 9.16. The summed E-state index contributed by atoms with van der Waals surface area (Å²) < 4.78 is 6.08. The zero-order valence-electron chi connectivity index (χ0n) is 15.1. The number of urea groups is 1. The van der Waals surface area contributed by atoms with Crippen molar-refractivity contribution in [2.24, 2.45) is 0 Å². The Bertz CT molecular complexity index is 755. The predicted octanol–water partition coefficient (Wildman–Crippen LogP) is 4.66. The highest BCUT2D eigenvalue weighted by atomic mass is 32.2. The van der Waals surface area contributed by atoms with Gasteiger partial charge in [0.15, 0.2) is 6.23 Å². The highest BCUT2D eigenvalue weighted by Crippen LogP contribution is 2.48. The lowest BCUT2D eigenvalue weighted by molar-refractivity contribution is -0.0415. The largest absolute Gasteiger partial charge is 0.356 e. The summed E-state index contributed by atoms with van der Waals surface area (Å²) in [6.45, 7) is 4.68. The minimum absolute atomic E-state index is 0.0210. The number of amides is 2. The summed E-state index contributed by atoms with van der Waals surface area (Å²) in [6, 6.07) is 20.6. The van der Waals surface area contributed by atoms with Gasteiger partial charge >= 0.3 is 6.03 Å². The van der Waals surface area contributed by atoms with Crippen LogP contribution in [0, 0.1) is 0 Å². The number of nitrogens with zero attached hydrogens (tertiary/aromatic N) is 2. The van der Waals surface area contributed by atoms with Gasteiger partial charge in [0.05, 0.1) is 12.1 Å². The fourth-order valence-corrected chi connectivity index (χ4v) is 5.39. The number of thioether (sulfide) groups is 1. The van der Waals surface area contributed by atoms with E-state index in [-0.39, 0.29) is 29.7 Å². The van der Waals surface area contributed by atoms with E-state index in [9.17, 15) is 4.79 Å². The average molecular weight is 369 g/mol. The predicted molar refractivity (Wildman–Crippen MR) is 105 cm³/mol. The van der Waals surface area contributed by atoms with Crippen molar-refractivity contribution in [3.05, 3.63) is 71.8 Å². The van der Waals surface area contributed by atoms with Gasteiger partial charge < -0.3 is 9.64 Å². The van der Waals surface area contributed by atoms with Crippen molar-refractivity contribution in [2.45, 2.75) is 37.5 Å². The van der Waals surface area contributed by atoms with E-state index in [0.29, 0.717) is 6.61 Å². The van der Waals surface area contributed by atoms with Crippen LogP contribution in [0.25, 0.3) is 0 Å². The monoisotopic (exact) mass is 368 g/mol. The summed E-state index contributed by atoms with van der Waals surface area (Å²) in [5.41, 5.74) is 2.31. The van der Waals surface area contributed by atoms with Crippen LogP contribution in [0.3, 0.4) is 0 Å². The number of hydrogen-bond acceptors (Lipinski definition) is 3. The molecule has 136 valence electrons. The Balaban J connectivity index is 1.67. The summed E-state index contributed by atoms with van der Waals surface area (Å²) >= 11 is 1.83. The van der Waals surface area contributed by atoms with E-state index in [1.165, 1.54) is 5.56 Å². The lowest BCUT2D eigenvalue weighted by Gasteiger charge is -2.31. The lowest BCUT2D eigenvalue weighted by Crippen LogP contribution is -2.41. The van der Waals surface area contributed by atoms with E-state index in [2.05, 4.69) is 31.2 Å². The fourth-order valence-electron chi connectivity index (χ4n) is 3.93. The van der Waals surface area contributed by atoms with Gasteiger partial charge in [0.2, 0.25) is 0 Å². The third-order valence-corrected chi connectivity index (χ3v) is 6.55. The van der Waals surface area contributed by atoms with E-state index >= 15 is 0 Å². The molecular formula is C21H24N2O2S. The SMILES string of the molecule is CCOC1[C@@H]2CSC(c3ccccc3)N2C(=O)N1C(C)c1ccccc1. The van der Waals surface area contributed by atoms with Crippen LogP contribution < -0.4 is 0 Å². The van der Waals surface area contributed by atoms with E-state index in [1.807, 2.05) is 64.9 Å². The Kier molecular flexibility index (Phi) is 4.92. The number of carbonyl (C=O) groups is 1. The summed E-state index contributed by atoms with van der Waals surface area (Å²) in [7, 11) is 0. The first-order chi connectivity index (χ1) is 12.7. The molecular weight excluding hydrogens is 344 g/mol. The van der Waals surface area contributed by atoms with E-state index < -0.39 is 0 Å². The molecule has 0 spiro atoms. The molecule has 2 amide bonds. The molecule has 2 aromatic carbocycles. The maximum Gasteiger partial charge on any atom is 0.324 e. The molecule has 4 atom stereocenters. The minimum Gasteiger partial charge on any atom is -0.356 e. The molecule has 0 radical (unpaired) electrons. The topological polar surface area (TPSA) is 32.8 Å². The molecule has 4 rings (SSSR count). The molecule has 2 saturated heterocycles. The van der Waals surface area contributed by atoms with E-state index in [4.69, 9.17) is 4.74 Å². The first-order valence-corrected chi connectivity index (χ1v) is 10.2. The molecule has 2 aliphatic rings. The number of ether oxygens (including phenoxy) is 1. The number of fused-ring (bicyclic) bond motifs is 1. The molecule has 0 N–H and O–H groups in total. The minimum atomic E-state index is -0.205. The normalized spacial score (nSPS) is 26.2. The molecule has 4 nitrogen and oxygen atoms in total. The van der Waals surface area contributed by atoms with Crippen LogP contribution in [-0.2, 0) is 4.74 Å². The second kappa shape index (κ2) is 7.33. The molecule has 2 aromatic rings. The first kappa shape index (κ1) is 17.4. The van der Waals surface area contributed by atoms with Crippen LogP contribution >= 0.6 is 11.8 Å². The van der Waals surface area contributed by atoms with Gasteiger partial charge in [0, 0.05) is 12.4 Å². The van der Waals surface area contributed by atoms with Crippen LogP contribution in [0.15, 0.2) is 60.7 Å². The molecule has 3 unspecified atom stereocenters. The highest BCUT2D eigenvalue weighted by Gasteiger charge is 2.54. The average Bonchev–Trinajstić information content (AvgIpc) is 3.23. The summed E-state index contributed by atoms with van der Waals surface area (Å²) in [4.78, 5) is 17.4. The Morgan fingerprint density at radius 1 is 1.12 bits per heavy atom. The summed E-state index contributed by atoms with van der Waals surface area (Å²) in [5.74, 6) is 0.897. The third kappa shape index (κ3) is 2.89. The van der Waals surface area contributed by atoms with Gasteiger partial charge in [-0.25, -0.2) is 4.79 Å². The molecule has 5 heteroatoms. The number of hydrogen-bond donors (Lipinski definition) is 0. The molecule has 26 heavy (non-hydrogen) atoms. The fraction of sp³-hybridized carbons (Fsp3) is 0.381. The summed E-state index contributed by atoms with van der Waals surface area (Å²) in [6.07, 6.45) is -0.205. The Morgan fingerprint density at radius 2 is 1.77 bits per heavy atom. The van der Waals surface area contributed by atoms with Gasteiger partial charge in [-0.3, -0.25) is 4.90 Å². The number of carbonyl (C=O) groups excluding carboxylic acids is 1. The maximum absolute atomic E-state index is 13.4. The van der Waals surface area contributed by atoms with Crippen LogP contribution in [-0.4, -0.2) is 40.5 Å². The summed E-state index contributed by atoms with van der Waals surface area (Å²) in [5, 5.41) is 0.0598. The number of benzene rings is 2. The van der Waals surface area contributed by atoms with Gasteiger partial charge in [-0.15, -0.1) is 11.8 Å². The molecule has 0 aromatic heterocycles. The van der Waals surface area contributed by atoms with Crippen molar-refractivity contribution in [1.29, 1.82) is 0 Å². The Labute approximate surface area is 159 Å².